The molecule has 5 nitrogen and oxygen atoms in total. The Hall–Kier alpha value is -2.96. The van der Waals surface area contributed by atoms with Crippen LogP contribution >= 0.6 is 11.3 Å². The van der Waals surface area contributed by atoms with Gasteiger partial charge < -0.3 is 14.5 Å². The van der Waals surface area contributed by atoms with Gasteiger partial charge in [0.2, 0.25) is 11.8 Å². The number of amides is 2. The summed E-state index contributed by atoms with van der Waals surface area (Å²) in [7, 11) is 1.65. The van der Waals surface area contributed by atoms with Gasteiger partial charge in [-0.25, -0.2) is 0 Å². The first-order valence-corrected chi connectivity index (χ1v) is 13.1. The number of aryl methyl sites for hydroxylation is 1. The Morgan fingerprint density at radius 2 is 1.63 bits per heavy atom. The third-order valence-corrected chi connectivity index (χ3v) is 7.20. The van der Waals surface area contributed by atoms with Crippen molar-refractivity contribution in [2.75, 3.05) is 26.8 Å². The van der Waals surface area contributed by atoms with E-state index < -0.39 is 0 Å². The summed E-state index contributed by atoms with van der Waals surface area (Å²) >= 11 is 1.66. The zero-order valence-electron chi connectivity index (χ0n) is 21.0. The van der Waals surface area contributed by atoms with Crippen molar-refractivity contribution in [3.8, 4) is 0 Å². The van der Waals surface area contributed by atoms with Crippen molar-refractivity contribution in [1.82, 2.24) is 9.80 Å². The summed E-state index contributed by atoms with van der Waals surface area (Å²) in [6, 6.07) is 21.9. The highest BCUT2D eigenvalue weighted by Gasteiger charge is 2.27. The van der Waals surface area contributed by atoms with Gasteiger partial charge in [0, 0.05) is 31.7 Å². The molecule has 1 unspecified atom stereocenters. The second-order valence-electron chi connectivity index (χ2n) is 8.74. The van der Waals surface area contributed by atoms with Gasteiger partial charge in [-0.1, -0.05) is 67.6 Å². The first-order valence-electron chi connectivity index (χ1n) is 12.2. The van der Waals surface area contributed by atoms with Crippen molar-refractivity contribution in [1.29, 1.82) is 0 Å². The average molecular weight is 493 g/mol. The zero-order valence-corrected chi connectivity index (χ0v) is 21.8. The van der Waals surface area contributed by atoms with E-state index in [-0.39, 0.29) is 24.3 Å². The molecule has 0 aliphatic carbocycles. The monoisotopic (exact) mass is 492 g/mol. The number of ether oxygens (including phenoxy) is 1. The summed E-state index contributed by atoms with van der Waals surface area (Å²) in [6.07, 6.45) is 1.36. The molecule has 0 fully saturated rings. The summed E-state index contributed by atoms with van der Waals surface area (Å²) < 4.78 is 5.23. The number of benzene rings is 2. The van der Waals surface area contributed by atoms with Crippen LogP contribution in [0.3, 0.4) is 0 Å². The molecule has 6 heteroatoms. The van der Waals surface area contributed by atoms with Gasteiger partial charge in [-0.05, 0) is 47.9 Å². The fraction of sp³-hybridized carbons (Fsp3) is 0.379. The number of methoxy groups -OCH3 is 1. The molecule has 1 heterocycles. The maximum absolute atomic E-state index is 13.7. The lowest BCUT2D eigenvalue weighted by Crippen LogP contribution is -2.44. The van der Waals surface area contributed by atoms with Crippen molar-refractivity contribution >= 4 is 23.2 Å². The molecule has 0 saturated carbocycles. The lowest BCUT2D eigenvalue weighted by Gasteiger charge is -2.30. The van der Waals surface area contributed by atoms with Crippen LogP contribution in [-0.2, 0) is 27.4 Å². The van der Waals surface area contributed by atoms with Crippen LogP contribution in [-0.4, -0.2) is 48.4 Å². The third-order valence-electron chi connectivity index (χ3n) is 6.19. The molecule has 1 atom stereocenters. The molecule has 1 aromatic heterocycles. The maximum atomic E-state index is 13.7. The van der Waals surface area contributed by atoms with Crippen LogP contribution in [0.5, 0.6) is 0 Å². The van der Waals surface area contributed by atoms with Crippen LogP contribution in [0.4, 0.5) is 0 Å². The topological polar surface area (TPSA) is 49.9 Å². The molecule has 2 amide bonds. The first kappa shape index (κ1) is 26.6. The molecule has 186 valence electrons. The fourth-order valence-corrected chi connectivity index (χ4v) is 5.09. The van der Waals surface area contributed by atoms with Gasteiger partial charge in [-0.3, -0.25) is 9.59 Å². The van der Waals surface area contributed by atoms with Gasteiger partial charge in [0.25, 0.3) is 0 Å². The molecule has 2 aromatic carbocycles. The standard InChI is InChI=1S/C29H36N2O3S/c1-4-26(25-14-9-6-10-15-25)29(33)30(17-11-18-34-3)22-28(32)31(20-24-12-7-5-8-13-24)21-27-23(2)16-19-35-27/h5-10,12-16,19,26H,4,11,17-18,20-22H2,1-3H3. The molecular formula is C29H36N2O3S. The molecular weight excluding hydrogens is 456 g/mol. The van der Waals surface area contributed by atoms with Gasteiger partial charge in [-0.15, -0.1) is 11.3 Å². The molecule has 0 N–H and O–H groups in total. The number of hydrogen-bond acceptors (Lipinski definition) is 4. The van der Waals surface area contributed by atoms with Crippen LogP contribution in [0.25, 0.3) is 0 Å². The number of thiophene rings is 1. The predicted octanol–water partition coefficient (Wildman–Crippen LogP) is 5.64. The highest BCUT2D eigenvalue weighted by molar-refractivity contribution is 7.10. The van der Waals surface area contributed by atoms with E-state index in [4.69, 9.17) is 4.74 Å². The maximum Gasteiger partial charge on any atom is 0.242 e. The Kier molecular flexibility index (Phi) is 10.5. The van der Waals surface area contributed by atoms with E-state index in [1.54, 1.807) is 23.3 Å². The second-order valence-corrected chi connectivity index (χ2v) is 9.74. The smallest absolute Gasteiger partial charge is 0.242 e. The van der Waals surface area contributed by atoms with E-state index in [0.29, 0.717) is 39.1 Å². The normalized spacial score (nSPS) is 11.7. The summed E-state index contributed by atoms with van der Waals surface area (Å²) in [6.45, 7) is 6.22. The number of hydrogen-bond donors (Lipinski definition) is 0. The number of rotatable bonds is 13. The van der Waals surface area contributed by atoms with Crippen LogP contribution in [0.1, 0.15) is 47.3 Å². The van der Waals surface area contributed by atoms with Crippen LogP contribution in [0.15, 0.2) is 72.1 Å². The Balaban J connectivity index is 1.82. The Labute approximate surface area is 213 Å². The first-order chi connectivity index (χ1) is 17.0. The van der Waals surface area contributed by atoms with Crippen LogP contribution in [0.2, 0.25) is 0 Å². The van der Waals surface area contributed by atoms with E-state index in [1.807, 2.05) is 72.5 Å². The summed E-state index contributed by atoms with van der Waals surface area (Å²) in [5, 5.41) is 2.06. The average Bonchev–Trinajstić information content (AvgIpc) is 3.29. The lowest BCUT2D eigenvalue weighted by atomic mass is 9.95. The molecule has 3 aromatic rings. The Morgan fingerprint density at radius 1 is 0.943 bits per heavy atom. The molecule has 0 spiro atoms. The van der Waals surface area contributed by atoms with Crippen LogP contribution < -0.4 is 0 Å². The molecule has 0 aliphatic rings. The highest BCUT2D eigenvalue weighted by Crippen LogP contribution is 2.23. The molecule has 0 radical (unpaired) electrons. The second kappa shape index (κ2) is 13.8. The van der Waals surface area contributed by atoms with Gasteiger partial charge >= 0.3 is 0 Å². The van der Waals surface area contributed by atoms with Crippen molar-refractivity contribution in [3.05, 3.63) is 93.7 Å². The lowest BCUT2D eigenvalue weighted by molar-refractivity contribution is -0.142. The molecule has 0 aliphatic heterocycles. The van der Waals surface area contributed by atoms with Crippen LogP contribution in [0, 0.1) is 6.92 Å². The summed E-state index contributed by atoms with van der Waals surface area (Å²) in [5.74, 6) is -0.320. The van der Waals surface area contributed by atoms with Crippen molar-refractivity contribution in [2.24, 2.45) is 0 Å². The van der Waals surface area contributed by atoms with E-state index in [0.717, 1.165) is 11.1 Å². The predicted molar refractivity (Wildman–Crippen MR) is 142 cm³/mol. The van der Waals surface area contributed by atoms with Gasteiger partial charge in [0.05, 0.1) is 19.0 Å². The minimum atomic E-state index is -0.270. The summed E-state index contributed by atoms with van der Waals surface area (Å²) in [5.41, 5.74) is 3.24. The molecule has 3 rings (SSSR count). The zero-order chi connectivity index (χ0) is 25.0. The van der Waals surface area contributed by atoms with Gasteiger partial charge in [-0.2, -0.15) is 0 Å². The van der Waals surface area contributed by atoms with Crippen molar-refractivity contribution in [3.63, 3.8) is 0 Å². The quantitative estimate of drug-likeness (QED) is 0.290. The van der Waals surface area contributed by atoms with E-state index in [1.165, 1.54) is 10.4 Å². The third kappa shape index (κ3) is 7.77. The molecule has 35 heavy (non-hydrogen) atoms. The number of nitrogens with zero attached hydrogens (tertiary/aromatic N) is 2. The van der Waals surface area contributed by atoms with Gasteiger partial charge in [0.1, 0.15) is 0 Å². The highest BCUT2D eigenvalue weighted by atomic mass is 32.1. The van der Waals surface area contributed by atoms with E-state index in [2.05, 4.69) is 18.4 Å². The number of carbonyl (C=O) groups excluding carboxylic acids is 2. The molecule has 0 bridgehead atoms. The SMILES string of the molecule is CCC(C(=O)N(CCCOC)CC(=O)N(Cc1ccccc1)Cc1sccc1C)c1ccccc1. The fourth-order valence-electron chi connectivity index (χ4n) is 4.16. The number of carbonyl (C=O) groups is 2. The van der Waals surface area contributed by atoms with E-state index >= 15 is 0 Å². The summed E-state index contributed by atoms with van der Waals surface area (Å²) in [4.78, 5) is 32.1. The minimum Gasteiger partial charge on any atom is -0.385 e. The molecule has 0 saturated heterocycles. The Morgan fingerprint density at radius 3 is 2.23 bits per heavy atom. The van der Waals surface area contributed by atoms with Crippen molar-refractivity contribution in [2.45, 2.75) is 45.7 Å². The largest absolute Gasteiger partial charge is 0.385 e. The van der Waals surface area contributed by atoms with E-state index in [9.17, 15) is 9.59 Å². The van der Waals surface area contributed by atoms with Gasteiger partial charge in [0.15, 0.2) is 0 Å². The Bertz CT molecular complexity index is 1050. The van der Waals surface area contributed by atoms with Crippen molar-refractivity contribution < 1.29 is 14.3 Å². The minimum absolute atomic E-state index is 0.00452.